The van der Waals surface area contributed by atoms with Crippen LogP contribution in [0, 0.1) is 0 Å². The lowest BCUT2D eigenvalue weighted by Crippen LogP contribution is -2.33. The predicted octanol–water partition coefficient (Wildman–Crippen LogP) is -4.20. The molecule has 1 aliphatic rings. The molecule has 0 aromatic carbocycles. The van der Waals surface area contributed by atoms with E-state index in [1.165, 1.54) is 0 Å². The third kappa shape index (κ3) is 35.8. The van der Waals surface area contributed by atoms with Gasteiger partial charge in [0.1, 0.15) is 18.1 Å². The number of hydrogen-bond acceptors (Lipinski definition) is 12. The minimum atomic E-state index is -1.18. The fraction of sp³-hybridized carbons (Fsp3) is 0.722. The van der Waals surface area contributed by atoms with Crippen molar-refractivity contribution in [3.05, 3.63) is 0 Å². The summed E-state index contributed by atoms with van der Waals surface area (Å²) in [4.78, 5) is 48.4. The van der Waals surface area contributed by atoms with Crippen LogP contribution >= 0.6 is 0 Å². The van der Waals surface area contributed by atoms with Gasteiger partial charge in [0.2, 0.25) is 0 Å². The van der Waals surface area contributed by atoms with E-state index in [9.17, 15) is 24.0 Å². The highest BCUT2D eigenvalue weighted by Crippen LogP contribution is 2.03. The second-order valence-corrected chi connectivity index (χ2v) is 6.54. The molecule has 0 bridgehead atoms. The highest BCUT2D eigenvalue weighted by atomic mass is 16.4. The SMILES string of the molecule is NC(CO)C(=O)O.NCC(=O)O.NCC(=O)O.NCCCCC(N)C(=O)O.O=C(O)[C@@H]1CCCN1. The Morgan fingerprint density at radius 3 is 1.40 bits per heavy atom. The molecule has 1 saturated heterocycles. The van der Waals surface area contributed by atoms with E-state index in [-0.39, 0.29) is 19.1 Å². The quantitative estimate of drug-likeness (QED) is 0.122. The van der Waals surface area contributed by atoms with Crippen LogP contribution in [0.2, 0.25) is 0 Å². The zero-order chi connectivity index (χ0) is 28.4. The number of carbonyl (C=O) groups is 5. The number of nitrogens with one attached hydrogen (secondary N) is 1. The van der Waals surface area contributed by atoms with Gasteiger partial charge >= 0.3 is 29.8 Å². The van der Waals surface area contributed by atoms with Crippen molar-refractivity contribution in [2.24, 2.45) is 28.7 Å². The maximum atomic E-state index is 10.1. The largest absolute Gasteiger partial charge is 0.480 e. The van der Waals surface area contributed by atoms with E-state index < -0.39 is 48.5 Å². The van der Waals surface area contributed by atoms with E-state index >= 15 is 0 Å². The smallest absolute Gasteiger partial charge is 0.322 e. The Balaban J connectivity index is -0.000000176. The summed E-state index contributed by atoms with van der Waals surface area (Å²) in [6.45, 7) is 0.401. The lowest BCUT2D eigenvalue weighted by molar-refractivity contribution is -0.140. The average Bonchev–Trinajstić information content (AvgIpc) is 3.35. The van der Waals surface area contributed by atoms with Gasteiger partial charge in [-0.15, -0.1) is 0 Å². The van der Waals surface area contributed by atoms with E-state index in [1.807, 2.05) is 0 Å². The lowest BCUT2D eigenvalue weighted by atomic mass is 10.1. The van der Waals surface area contributed by atoms with Crippen LogP contribution in [0.1, 0.15) is 32.1 Å². The first kappa shape index (κ1) is 39.3. The maximum Gasteiger partial charge on any atom is 0.322 e. The standard InChI is InChI=1S/C6H14N2O2.C5H9NO2.C3H7NO3.2C2H5NO2/c7-4-2-1-3-5(8)6(9)10;7-5(8)4-2-1-3-6-4;4-2(1-5)3(6)7;2*3-1-2(4)5/h5H,1-4,7-8H2,(H,9,10);4,6H,1-3H2,(H,7,8);2,5H,1,4H2,(H,6,7);2*1,3H2,(H,4,5)/t;4-;;;/m.0.../s1. The summed E-state index contributed by atoms with van der Waals surface area (Å²) >= 11 is 0. The normalized spacial score (nSPS) is 15.0. The first-order valence-corrected chi connectivity index (χ1v) is 10.3. The monoisotopic (exact) mass is 516 g/mol. The maximum absolute atomic E-state index is 10.1. The number of aliphatic hydroxyl groups is 1. The van der Waals surface area contributed by atoms with Crippen molar-refractivity contribution < 1.29 is 54.6 Å². The zero-order valence-electron chi connectivity index (χ0n) is 19.4. The predicted molar refractivity (Wildman–Crippen MR) is 123 cm³/mol. The zero-order valence-corrected chi connectivity index (χ0v) is 19.4. The summed E-state index contributed by atoms with van der Waals surface area (Å²) in [6, 6.07) is -2.11. The van der Waals surface area contributed by atoms with Crippen molar-refractivity contribution in [1.29, 1.82) is 0 Å². The van der Waals surface area contributed by atoms with Gasteiger partial charge in [0.05, 0.1) is 19.7 Å². The van der Waals surface area contributed by atoms with Crippen LogP contribution in [0.4, 0.5) is 0 Å². The second-order valence-electron chi connectivity index (χ2n) is 6.54. The Hall–Kier alpha value is -2.93. The number of hydrogen-bond donors (Lipinski definition) is 12. The van der Waals surface area contributed by atoms with Gasteiger partial charge < -0.3 is 64.6 Å². The van der Waals surface area contributed by atoms with E-state index in [0.29, 0.717) is 13.0 Å². The molecule has 0 saturated carbocycles. The van der Waals surface area contributed by atoms with Crippen molar-refractivity contribution in [2.75, 3.05) is 32.8 Å². The summed E-state index contributed by atoms with van der Waals surface area (Å²) in [5.41, 5.74) is 24.3. The molecule has 1 rings (SSSR count). The van der Waals surface area contributed by atoms with Crippen molar-refractivity contribution >= 4 is 29.8 Å². The van der Waals surface area contributed by atoms with Crippen LogP contribution in [0.25, 0.3) is 0 Å². The van der Waals surface area contributed by atoms with Gasteiger partial charge in [-0.1, -0.05) is 6.42 Å². The molecule has 208 valence electrons. The molecule has 0 aliphatic carbocycles. The highest BCUT2D eigenvalue weighted by molar-refractivity contribution is 5.74. The number of carboxylic acid groups (broad SMARTS) is 5. The third-order valence-electron chi connectivity index (χ3n) is 3.51. The summed E-state index contributed by atoms with van der Waals surface area (Å²) < 4.78 is 0. The Morgan fingerprint density at radius 1 is 0.800 bits per heavy atom. The Labute approximate surface area is 202 Å². The molecule has 17 N–H and O–H groups in total. The van der Waals surface area contributed by atoms with Gasteiger partial charge in [-0.25, -0.2) is 0 Å². The van der Waals surface area contributed by atoms with Crippen LogP contribution in [-0.4, -0.2) is 111 Å². The molecule has 2 unspecified atom stereocenters. The van der Waals surface area contributed by atoms with Gasteiger partial charge in [0.15, 0.2) is 0 Å². The molecular weight excluding hydrogens is 476 g/mol. The van der Waals surface area contributed by atoms with Crippen molar-refractivity contribution in [2.45, 2.75) is 50.2 Å². The summed E-state index contributed by atoms with van der Waals surface area (Å²) in [5.74, 6) is -4.77. The fourth-order valence-corrected chi connectivity index (χ4v) is 1.61. The summed E-state index contributed by atoms with van der Waals surface area (Å²) in [6.07, 6.45) is 3.95. The molecular formula is C18H40N6O11. The molecule has 1 heterocycles. The van der Waals surface area contributed by atoms with E-state index in [4.69, 9.17) is 47.8 Å². The van der Waals surface area contributed by atoms with Gasteiger partial charge in [-0.3, -0.25) is 24.0 Å². The number of rotatable bonds is 10. The first-order chi connectivity index (χ1) is 16.2. The van der Waals surface area contributed by atoms with Crippen molar-refractivity contribution in [1.82, 2.24) is 5.32 Å². The molecule has 35 heavy (non-hydrogen) atoms. The topological polar surface area (TPSA) is 349 Å². The Kier molecular flexibility index (Phi) is 30.7. The van der Waals surface area contributed by atoms with Crippen LogP contribution in [0.5, 0.6) is 0 Å². The first-order valence-electron chi connectivity index (χ1n) is 10.3. The third-order valence-corrected chi connectivity index (χ3v) is 3.51. The van der Waals surface area contributed by atoms with Crippen LogP contribution in [-0.2, 0) is 24.0 Å². The minimum absolute atomic E-state index is 0.269. The molecule has 0 spiro atoms. The minimum Gasteiger partial charge on any atom is -0.480 e. The molecule has 17 nitrogen and oxygen atoms in total. The van der Waals surface area contributed by atoms with Gasteiger partial charge in [0.25, 0.3) is 0 Å². The Morgan fingerprint density at radius 2 is 1.23 bits per heavy atom. The Bertz CT molecular complexity index is 575. The van der Waals surface area contributed by atoms with Gasteiger partial charge in [0, 0.05) is 0 Å². The van der Waals surface area contributed by atoms with Gasteiger partial charge in [-0.2, -0.15) is 0 Å². The van der Waals surface area contributed by atoms with Crippen molar-refractivity contribution in [3.8, 4) is 0 Å². The molecule has 0 aromatic rings. The molecule has 0 aromatic heterocycles. The van der Waals surface area contributed by atoms with E-state index in [0.717, 1.165) is 32.2 Å². The number of aliphatic carboxylic acids is 5. The molecule has 1 fully saturated rings. The van der Waals surface area contributed by atoms with E-state index in [2.05, 4.69) is 16.8 Å². The average molecular weight is 517 g/mol. The van der Waals surface area contributed by atoms with Crippen molar-refractivity contribution in [3.63, 3.8) is 0 Å². The molecule has 0 radical (unpaired) electrons. The molecule has 3 atom stereocenters. The van der Waals surface area contributed by atoms with Crippen LogP contribution in [0.3, 0.4) is 0 Å². The number of nitrogens with two attached hydrogens (primary N) is 5. The number of carboxylic acids is 5. The van der Waals surface area contributed by atoms with Gasteiger partial charge in [-0.05, 0) is 38.8 Å². The molecule has 17 heteroatoms. The number of unbranched alkanes of at least 4 members (excludes halogenated alkanes) is 1. The van der Waals surface area contributed by atoms with E-state index in [1.54, 1.807) is 0 Å². The molecule has 0 amide bonds. The second kappa shape index (κ2) is 27.3. The lowest BCUT2D eigenvalue weighted by Gasteiger charge is -2.03. The summed E-state index contributed by atoms with van der Waals surface area (Å²) in [5, 5.41) is 50.6. The fourth-order valence-electron chi connectivity index (χ4n) is 1.61. The van der Waals surface area contributed by atoms with Crippen LogP contribution in [0.15, 0.2) is 0 Å². The van der Waals surface area contributed by atoms with Crippen LogP contribution < -0.4 is 34.0 Å². The highest BCUT2D eigenvalue weighted by Gasteiger charge is 2.20. The summed E-state index contributed by atoms with van der Waals surface area (Å²) in [7, 11) is 0. The number of aliphatic hydroxyl groups excluding tert-OH is 1. The molecule has 1 aliphatic heterocycles.